The number of nitrogens with zero attached hydrogens (tertiary/aromatic N) is 2. The van der Waals surface area contributed by atoms with E-state index in [0.29, 0.717) is 11.4 Å². The Labute approximate surface area is 207 Å². The van der Waals surface area contributed by atoms with Crippen molar-refractivity contribution in [2.75, 3.05) is 19.0 Å². The van der Waals surface area contributed by atoms with Crippen molar-refractivity contribution in [3.05, 3.63) is 53.2 Å². The molecule has 0 amide bonds. The average Bonchev–Trinajstić information content (AvgIpc) is 3.30. The number of fused-ring (bicyclic) bond motifs is 6. The Morgan fingerprint density at radius 3 is 2.57 bits per heavy atom. The van der Waals surface area contributed by atoms with Crippen molar-refractivity contribution in [3.63, 3.8) is 0 Å². The topological polar surface area (TPSA) is 80.6 Å². The zero-order valence-electron chi connectivity index (χ0n) is 21.2. The van der Waals surface area contributed by atoms with Crippen LogP contribution in [0.3, 0.4) is 0 Å². The Bertz CT molecular complexity index is 1450. The molecule has 3 aromatic rings. The number of rotatable bonds is 4. The Morgan fingerprint density at radius 2 is 1.89 bits per heavy atom. The first kappa shape index (κ1) is 23.9. The second-order valence-electron chi connectivity index (χ2n) is 10.8. The van der Waals surface area contributed by atoms with Crippen LogP contribution in [0.25, 0.3) is 10.9 Å². The smallest absolute Gasteiger partial charge is 0.340 e. The fourth-order valence-electron chi connectivity index (χ4n) is 5.47. The lowest BCUT2D eigenvalue weighted by Crippen LogP contribution is -2.32. The van der Waals surface area contributed by atoms with Crippen LogP contribution in [0.1, 0.15) is 61.3 Å². The molecule has 5 rings (SSSR count). The van der Waals surface area contributed by atoms with E-state index in [9.17, 15) is 13.2 Å². The second kappa shape index (κ2) is 8.10. The molecule has 0 saturated carbocycles. The molecule has 0 spiro atoms. The van der Waals surface area contributed by atoms with Crippen LogP contribution in [0.2, 0.25) is 0 Å². The maximum atomic E-state index is 14.0. The zero-order valence-corrected chi connectivity index (χ0v) is 22.0. The quantitative estimate of drug-likeness (QED) is 0.541. The van der Waals surface area contributed by atoms with Crippen LogP contribution >= 0.6 is 0 Å². The van der Waals surface area contributed by atoms with Crippen molar-refractivity contribution in [1.29, 1.82) is 0 Å². The Hall–Kier alpha value is -2.84. The van der Waals surface area contributed by atoms with Crippen LogP contribution in [-0.4, -0.2) is 44.7 Å². The van der Waals surface area contributed by atoms with Crippen LogP contribution in [0.5, 0.6) is 0 Å². The standard InChI is InChI=1S/C27H33N3O4S/c1-27(2,3)34-26(31)25-22(35(32,33)18-9-7-8-17(15-18)29(4)5)13-12-20-24(25)23-19-11-10-16(28-19)14-21(23)30(20)6/h7-9,12-13,15-16,19,28H,10-11,14H2,1-6H3. The van der Waals surface area contributed by atoms with Gasteiger partial charge in [0.1, 0.15) is 5.60 Å². The van der Waals surface area contributed by atoms with Crippen molar-refractivity contribution in [3.8, 4) is 0 Å². The predicted molar refractivity (Wildman–Crippen MR) is 137 cm³/mol. The molecular weight excluding hydrogens is 462 g/mol. The third kappa shape index (κ3) is 3.93. The van der Waals surface area contributed by atoms with Gasteiger partial charge in [-0.25, -0.2) is 13.2 Å². The van der Waals surface area contributed by atoms with E-state index < -0.39 is 21.4 Å². The molecule has 2 atom stereocenters. The highest BCUT2D eigenvalue weighted by molar-refractivity contribution is 7.91. The van der Waals surface area contributed by atoms with Gasteiger partial charge in [0.25, 0.3) is 0 Å². The van der Waals surface area contributed by atoms with Gasteiger partial charge in [-0.3, -0.25) is 0 Å². The van der Waals surface area contributed by atoms with Crippen LogP contribution in [-0.2, 0) is 28.0 Å². The summed E-state index contributed by atoms with van der Waals surface area (Å²) in [5.41, 5.74) is 3.19. The SMILES string of the molecule is CN(C)c1cccc(S(=O)(=O)c2ccc3c(c2C(=O)OC(C)(C)C)c2c(n3C)CC3CCC2N3)c1. The number of aryl methyl sites for hydroxylation is 1. The summed E-state index contributed by atoms with van der Waals surface area (Å²) in [4.78, 5) is 15.7. The lowest BCUT2D eigenvalue weighted by molar-refractivity contribution is 0.00675. The van der Waals surface area contributed by atoms with E-state index in [-0.39, 0.29) is 21.4 Å². The van der Waals surface area contributed by atoms with E-state index in [0.717, 1.165) is 36.0 Å². The molecule has 1 fully saturated rings. The van der Waals surface area contributed by atoms with Gasteiger partial charge in [0.15, 0.2) is 0 Å². The molecule has 2 aliphatic heterocycles. The summed E-state index contributed by atoms with van der Waals surface area (Å²) < 4.78 is 36.0. The van der Waals surface area contributed by atoms with Gasteiger partial charge in [-0.1, -0.05) is 6.07 Å². The molecule has 35 heavy (non-hydrogen) atoms. The summed E-state index contributed by atoms with van der Waals surface area (Å²) in [6, 6.07) is 10.7. The highest BCUT2D eigenvalue weighted by Crippen LogP contribution is 2.44. The third-order valence-electron chi connectivity index (χ3n) is 7.06. The number of hydrogen-bond donors (Lipinski definition) is 1. The Kier molecular flexibility index (Phi) is 5.53. The summed E-state index contributed by atoms with van der Waals surface area (Å²) in [5.74, 6) is -0.612. The lowest BCUT2D eigenvalue weighted by Gasteiger charge is -2.24. The molecule has 2 unspecified atom stereocenters. The molecule has 0 aliphatic carbocycles. The summed E-state index contributed by atoms with van der Waals surface area (Å²) >= 11 is 0. The number of esters is 1. The van der Waals surface area contributed by atoms with E-state index in [4.69, 9.17) is 4.74 Å². The number of hydrogen-bond acceptors (Lipinski definition) is 6. The van der Waals surface area contributed by atoms with Crippen LogP contribution < -0.4 is 10.2 Å². The van der Waals surface area contributed by atoms with Gasteiger partial charge in [0, 0.05) is 61.9 Å². The normalized spacial score (nSPS) is 19.6. The summed E-state index contributed by atoms with van der Waals surface area (Å²) in [6.45, 7) is 5.38. The molecule has 0 radical (unpaired) electrons. The van der Waals surface area contributed by atoms with Crippen LogP contribution in [0.15, 0.2) is 46.2 Å². The molecular formula is C27H33N3O4S. The van der Waals surface area contributed by atoms with E-state index in [1.54, 1.807) is 45.0 Å². The van der Waals surface area contributed by atoms with Crippen LogP contribution in [0, 0.1) is 0 Å². The Balaban J connectivity index is 1.81. The minimum atomic E-state index is -4.01. The minimum absolute atomic E-state index is 0.0105. The molecule has 8 heteroatoms. The Morgan fingerprint density at radius 1 is 1.14 bits per heavy atom. The molecule has 7 nitrogen and oxygen atoms in total. The molecule has 2 bridgehead atoms. The molecule has 1 saturated heterocycles. The molecule has 186 valence electrons. The summed E-state index contributed by atoms with van der Waals surface area (Å²) in [5, 5.41) is 4.35. The average molecular weight is 496 g/mol. The first-order chi connectivity index (χ1) is 16.4. The fourth-order valence-corrected chi connectivity index (χ4v) is 6.96. The number of nitrogens with one attached hydrogen (secondary N) is 1. The third-order valence-corrected chi connectivity index (χ3v) is 8.85. The summed E-state index contributed by atoms with van der Waals surface area (Å²) in [7, 11) is 1.72. The number of sulfone groups is 1. The zero-order chi connectivity index (χ0) is 25.3. The molecule has 3 heterocycles. The largest absolute Gasteiger partial charge is 0.456 e. The van der Waals surface area contributed by atoms with Gasteiger partial charge < -0.3 is 19.5 Å². The molecule has 2 aromatic carbocycles. The highest BCUT2D eigenvalue weighted by Gasteiger charge is 2.39. The number of benzene rings is 2. The maximum Gasteiger partial charge on any atom is 0.340 e. The van der Waals surface area contributed by atoms with Crippen molar-refractivity contribution in [1.82, 2.24) is 9.88 Å². The van der Waals surface area contributed by atoms with Crippen molar-refractivity contribution in [2.24, 2.45) is 7.05 Å². The summed E-state index contributed by atoms with van der Waals surface area (Å²) in [6.07, 6.45) is 2.89. The molecule has 1 N–H and O–H groups in total. The first-order valence-electron chi connectivity index (χ1n) is 12.0. The maximum absolute atomic E-state index is 14.0. The first-order valence-corrected chi connectivity index (χ1v) is 13.5. The van der Waals surface area contributed by atoms with Gasteiger partial charge in [-0.15, -0.1) is 0 Å². The van der Waals surface area contributed by atoms with Gasteiger partial charge in [-0.05, 0) is 69.5 Å². The number of aromatic nitrogens is 1. The second-order valence-corrected chi connectivity index (χ2v) is 12.8. The van der Waals surface area contributed by atoms with E-state index in [1.165, 1.54) is 5.69 Å². The minimum Gasteiger partial charge on any atom is -0.456 e. The number of ether oxygens (including phenoxy) is 1. The molecule has 2 aliphatic rings. The van der Waals surface area contributed by atoms with Crippen molar-refractivity contribution >= 4 is 32.4 Å². The number of anilines is 1. The molecule has 1 aromatic heterocycles. The van der Waals surface area contributed by atoms with Crippen LogP contribution in [0.4, 0.5) is 5.69 Å². The van der Waals surface area contributed by atoms with Gasteiger partial charge in [0.2, 0.25) is 9.84 Å². The monoisotopic (exact) mass is 495 g/mol. The van der Waals surface area contributed by atoms with E-state index in [2.05, 4.69) is 9.88 Å². The predicted octanol–water partition coefficient (Wildman–Crippen LogP) is 4.38. The van der Waals surface area contributed by atoms with Gasteiger partial charge in [-0.2, -0.15) is 0 Å². The lowest BCUT2D eigenvalue weighted by atomic mass is 9.96. The highest BCUT2D eigenvalue weighted by atomic mass is 32.2. The van der Waals surface area contributed by atoms with E-state index >= 15 is 0 Å². The number of carbonyl (C=O) groups excluding carboxylic acids is 1. The van der Waals surface area contributed by atoms with Gasteiger partial charge in [0.05, 0.1) is 15.4 Å². The van der Waals surface area contributed by atoms with Crippen molar-refractivity contribution < 1.29 is 17.9 Å². The van der Waals surface area contributed by atoms with Gasteiger partial charge >= 0.3 is 5.97 Å². The van der Waals surface area contributed by atoms with E-state index in [1.807, 2.05) is 38.2 Å². The fraction of sp³-hybridized carbons (Fsp3) is 0.444. The van der Waals surface area contributed by atoms with Crippen molar-refractivity contribution in [2.45, 2.75) is 67.5 Å². The number of carbonyl (C=O) groups is 1.